The van der Waals surface area contributed by atoms with Gasteiger partial charge < -0.3 is 11.1 Å². The molecule has 3 nitrogen and oxygen atoms in total. The molecule has 176 valence electrons. The van der Waals surface area contributed by atoms with Crippen molar-refractivity contribution in [2.24, 2.45) is 0 Å². The molecule has 0 radical (unpaired) electrons. The molecule has 32 heavy (non-hydrogen) atoms. The molecule has 2 aromatic rings. The summed E-state index contributed by atoms with van der Waals surface area (Å²) in [5.41, 5.74) is -8.24. The molecule has 0 aliphatic rings. The van der Waals surface area contributed by atoms with Gasteiger partial charge in [-0.1, -0.05) is 6.07 Å². The Kier molecular flexibility index (Phi) is 6.66. The number of alkyl halides is 10. The SMILES string of the molecule is Nc1cccc(C(=O)Nc2c(I)cc(C(F)(C(F)(F)F)C(F)(F)F)cc2C(F)(F)F)c1F. The molecule has 0 heterocycles. The van der Waals surface area contributed by atoms with Crippen molar-refractivity contribution in [2.45, 2.75) is 24.2 Å². The number of benzene rings is 2. The summed E-state index contributed by atoms with van der Waals surface area (Å²) in [5.74, 6) is -2.87. The largest absolute Gasteiger partial charge is 0.435 e. The molecule has 0 aliphatic carbocycles. The molecule has 0 saturated heterocycles. The van der Waals surface area contributed by atoms with Gasteiger partial charge in [-0.15, -0.1) is 0 Å². The lowest BCUT2D eigenvalue weighted by Gasteiger charge is -2.31. The minimum absolute atomic E-state index is 0.151. The molecular formula is C17H8F11IN2O. The third-order valence-electron chi connectivity index (χ3n) is 4.09. The van der Waals surface area contributed by atoms with Gasteiger partial charge in [0.05, 0.1) is 22.5 Å². The van der Waals surface area contributed by atoms with Crippen LogP contribution in [0.1, 0.15) is 21.5 Å². The standard InChI is InChI=1S/C17H8F11IN2O/c18-11-7(2-1-3-10(11)30)13(32)31-12-8(15(20,21)22)4-6(5-9(12)29)14(19,16(23,24)25)17(26,27)28/h1-5H,30H2,(H,31,32). The third-order valence-corrected chi connectivity index (χ3v) is 4.94. The van der Waals surface area contributed by atoms with Crippen LogP contribution in [0.4, 0.5) is 59.7 Å². The van der Waals surface area contributed by atoms with E-state index in [4.69, 9.17) is 5.73 Å². The lowest BCUT2D eigenvalue weighted by atomic mass is 9.92. The smallest absolute Gasteiger partial charge is 0.396 e. The van der Waals surface area contributed by atoms with Gasteiger partial charge in [0.2, 0.25) is 0 Å². The van der Waals surface area contributed by atoms with E-state index in [1.54, 1.807) is 5.32 Å². The van der Waals surface area contributed by atoms with Crippen LogP contribution in [0.3, 0.4) is 0 Å². The van der Waals surface area contributed by atoms with Crippen molar-refractivity contribution in [1.29, 1.82) is 0 Å². The quantitative estimate of drug-likeness (QED) is 0.241. The summed E-state index contributed by atoms with van der Waals surface area (Å²) in [4.78, 5) is 12.2. The summed E-state index contributed by atoms with van der Waals surface area (Å²) in [5, 5.41) is 1.58. The zero-order chi connectivity index (χ0) is 24.9. The fourth-order valence-corrected chi connectivity index (χ4v) is 3.31. The Balaban J connectivity index is 2.72. The first-order chi connectivity index (χ1) is 14.3. The van der Waals surface area contributed by atoms with Crippen molar-refractivity contribution < 1.29 is 53.1 Å². The molecule has 0 fully saturated rings. The minimum atomic E-state index is -6.66. The topological polar surface area (TPSA) is 55.1 Å². The monoisotopic (exact) mass is 592 g/mol. The lowest BCUT2D eigenvalue weighted by Crippen LogP contribution is -2.50. The van der Waals surface area contributed by atoms with Gasteiger partial charge in [0.1, 0.15) is 0 Å². The molecule has 0 aliphatic heterocycles. The van der Waals surface area contributed by atoms with Crippen LogP contribution in [0.15, 0.2) is 30.3 Å². The first kappa shape index (κ1) is 25.9. The molecular weight excluding hydrogens is 584 g/mol. The van der Waals surface area contributed by atoms with Crippen molar-refractivity contribution in [1.82, 2.24) is 0 Å². The van der Waals surface area contributed by atoms with E-state index in [1.165, 1.54) is 0 Å². The molecule has 2 rings (SSSR count). The number of halogens is 12. The normalized spacial score (nSPS) is 13.2. The Labute approximate surface area is 184 Å². The summed E-state index contributed by atoms with van der Waals surface area (Å²) >= 11 is 0.882. The maximum atomic E-state index is 14.3. The number of nitrogens with one attached hydrogen (secondary N) is 1. The summed E-state index contributed by atoms with van der Waals surface area (Å²) in [6, 6.07) is 2.03. The Morgan fingerprint density at radius 3 is 1.91 bits per heavy atom. The van der Waals surface area contributed by atoms with Gasteiger partial charge in [-0.3, -0.25) is 4.79 Å². The molecule has 15 heteroatoms. The first-order valence-corrected chi connectivity index (χ1v) is 8.99. The Morgan fingerprint density at radius 1 is 0.906 bits per heavy atom. The van der Waals surface area contributed by atoms with Crippen LogP contribution in [-0.4, -0.2) is 18.3 Å². The average Bonchev–Trinajstić information content (AvgIpc) is 2.61. The molecule has 0 bridgehead atoms. The van der Waals surface area contributed by atoms with Crippen LogP contribution in [0, 0.1) is 9.39 Å². The van der Waals surface area contributed by atoms with E-state index in [0.717, 1.165) is 40.8 Å². The third kappa shape index (κ3) is 4.56. The second-order valence-corrected chi connectivity index (χ2v) is 7.36. The van der Waals surface area contributed by atoms with E-state index in [0.29, 0.717) is 0 Å². The van der Waals surface area contributed by atoms with Crippen LogP contribution < -0.4 is 11.1 Å². The number of carbonyl (C=O) groups excluding carboxylic acids is 1. The predicted molar refractivity (Wildman–Crippen MR) is 97.8 cm³/mol. The average molecular weight is 592 g/mol. The highest BCUT2D eigenvalue weighted by Gasteiger charge is 2.73. The molecule has 0 aromatic heterocycles. The number of rotatable bonds is 3. The van der Waals surface area contributed by atoms with Gasteiger partial charge in [0.15, 0.2) is 5.82 Å². The van der Waals surface area contributed by atoms with E-state index in [1.807, 2.05) is 0 Å². The van der Waals surface area contributed by atoms with Crippen LogP contribution >= 0.6 is 22.6 Å². The van der Waals surface area contributed by atoms with Gasteiger partial charge in [0, 0.05) is 9.13 Å². The molecule has 0 atom stereocenters. The van der Waals surface area contributed by atoms with Crippen molar-refractivity contribution in [3.05, 3.63) is 56.4 Å². The highest BCUT2D eigenvalue weighted by molar-refractivity contribution is 14.1. The van der Waals surface area contributed by atoms with Gasteiger partial charge in [-0.25, -0.2) is 8.78 Å². The van der Waals surface area contributed by atoms with Crippen LogP contribution in [-0.2, 0) is 11.8 Å². The highest BCUT2D eigenvalue weighted by atomic mass is 127. The first-order valence-electron chi connectivity index (χ1n) is 7.91. The van der Waals surface area contributed by atoms with Crippen molar-refractivity contribution in [2.75, 3.05) is 11.1 Å². The highest BCUT2D eigenvalue weighted by Crippen LogP contribution is 2.54. The second kappa shape index (κ2) is 8.22. The van der Waals surface area contributed by atoms with Crippen molar-refractivity contribution in [3.63, 3.8) is 0 Å². The number of nitrogen functional groups attached to an aromatic ring is 1. The van der Waals surface area contributed by atoms with E-state index >= 15 is 0 Å². The Bertz CT molecular complexity index is 1030. The van der Waals surface area contributed by atoms with E-state index in [2.05, 4.69) is 0 Å². The van der Waals surface area contributed by atoms with Crippen LogP contribution in [0.2, 0.25) is 0 Å². The van der Waals surface area contributed by atoms with Crippen LogP contribution in [0.25, 0.3) is 0 Å². The summed E-state index contributed by atoms with van der Waals surface area (Å²) < 4.78 is 145. The summed E-state index contributed by atoms with van der Waals surface area (Å²) in [7, 11) is 0. The van der Waals surface area contributed by atoms with Crippen molar-refractivity contribution >= 4 is 39.9 Å². The minimum Gasteiger partial charge on any atom is -0.396 e. The number of amides is 1. The maximum Gasteiger partial charge on any atom is 0.435 e. The Hall–Kier alpha value is -2.33. The predicted octanol–water partition coefficient (Wildman–Crippen LogP) is 6.57. The molecule has 0 spiro atoms. The molecule has 0 unspecified atom stereocenters. The number of hydrogen-bond donors (Lipinski definition) is 2. The summed E-state index contributed by atoms with van der Waals surface area (Å²) in [6.45, 7) is 0. The number of nitrogens with two attached hydrogens (primary N) is 1. The van der Waals surface area contributed by atoms with E-state index < -0.39 is 73.6 Å². The van der Waals surface area contributed by atoms with Gasteiger partial charge in [-0.05, 0) is 46.9 Å². The van der Waals surface area contributed by atoms with Crippen molar-refractivity contribution in [3.8, 4) is 0 Å². The fraction of sp³-hybridized carbons (Fsp3) is 0.235. The van der Waals surface area contributed by atoms with Gasteiger partial charge in [-0.2, -0.15) is 39.5 Å². The molecule has 0 saturated carbocycles. The molecule has 3 N–H and O–H groups in total. The van der Waals surface area contributed by atoms with E-state index in [9.17, 15) is 53.1 Å². The zero-order valence-electron chi connectivity index (χ0n) is 14.9. The molecule has 1 amide bonds. The second-order valence-electron chi connectivity index (χ2n) is 6.20. The maximum absolute atomic E-state index is 14.3. The van der Waals surface area contributed by atoms with Gasteiger partial charge in [0.25, 0.3) is 5.91 Å². The Morgan fingerprint density at radius 2 is 1.44 bits per heavy atom. The number of hydrogen-bond acceptors (Lipinski definition) is 2. The number of carbonyl (C=O) groups is 1. The zero-order valence-corrected chi connectivity index (χ0v) is 17.1. The number of anilines is 2. The van der Waals surface area contributed by atoms with E-state index in [-0.39, 0.29) is 6.07 Å². The molecule has 2 aromatic carbocycles. The summed E-state index contributed by atoms with van der Waals surface area (Å²) in [6.07, 6.45) is -19.0. The van der Waals surface area contributed by atoms with Gasteiger partial charge >= 0.3 is 24.2 Å². The van der Waals surface area contributed by atoms with Crippen LogP contribution in [0.5, 0.6) is 0 Å². The lowest BCUT2D eigenvalue weighted by molar-refractivity contribution is -0.348. The fourth-order valence-electron chi connectivity index (χ4n) is 2.55.